The summed E-state index contributed by atoms with van der Waals surface area (Å²) in [7, 11) is 0. The van der Waals surface area contributed by atoms with E-state index in [-0.39, 0.29) is 17.0 Å². The van der Waals surface area contributed by atoms with Gasteiger partial charge in [0.1, 0.15) is 5.15 Å². The lowest BCUT2D eigenvalue weighted by atomic mass is 10.1. The number of anilines is 1. The van der Waals surface area contributed by atoms with Gasteiger partial charge in [-0.1, -0.05) is 11.6 Å². The number of hydrogen-bond donors (Lipinski definition) is 1. The lowest BCUT2D eigenvalue weighted by Crippen LogP contribution is -2.14. The van der Waals surface area contributed by atoms with Crippen molar-refractivity contribution in [3.8, 4) is 6.07 Å². The first-order chi connectivity index (χ1) is 9.08. The average Bonchev–Trinajstić information content (AvgIpc) is 2.37. The van der Waals surface area contributed by atoms with Gasteiger partial charge in [0.2, 0.25) is 5.95 Å². The second-order valence-electron chi connectivity index (χ2n) is 3.80. The van der Waals surface area contributed by atoms with Crippen LogP contribution in [-0.4, -0.2) is 15.9 Å². The van der Waals surface area contributed by atoms with Crippen LogP contribution in [0.15, 0.2) is 30.3 Å². The SMILES string of the molecule is Cc1cc(Cl)nc(NC(=O)c2ccc(C#N)cc2)n1. The number of carbonyl (C=O) groups is 1. The highest BCUT2D eigenvalue weighted by Crippen LogP contribution is 2.11. The summed E-state index contributed by atoms with van der Waals surface area (Å²) in [4.78, 5) is 19.9. The first-order valence-electron chi connectivity index (χ1n) is 5.41. The lowest BCUT2D eigenvalue weighted by molar-refractivity contribution is 0.102. The molecule has 0 aliphatic heterocycles. The van der Waals surface area contributed by atoms with Gasteiger partial charge in [-0.15, -0.1) is 0 Å². The fraction of sp³-hybridized carbons (Fsp3) is 0.0769. The molecule has 0 bridgehead atoms. The van der Waals surface area contributed by atoms with Crippen molar-refractivity contribution in [3.05, 3.63) is 52.3 Å². The van der Waals surface area contributed by atoms with Crippen LogP contribution in [-0.2, 0) is 0 Å². The van der Waals surface area contributed by atoms with Crippen LogP contribution in [0.1, 0.15) is 21.6 Å². The zero-order valence-corrected chi connectivity index (χ0v) is 10.8. The monoisotopic (exact) mass is 272 g/mol. The maximum absolute atomic E-state index is 11.9. The van der Waals surface area contributed by atoms with E-state index < -0.39 is 0 Å². The Balaban J connectivity index is 2.18. The fourth-order valence-corrected chi connectivity index (χ4v) is 1.69. The zero-order valence-electron chi connectivity index (χ0n) is 10.0. The minimum Gasteiger partial charge on any atom is -0.290 e. The first-order valence-corrected chi connectivity index (χ1v) is 5.79. The van der Waals surface area contributed by atoms with Crippen LogP contribution < -0.4 is 5.32 Å². The van der Waals surface area contributed by atoms with Gasteiger partial charge in [0.05, 0.1) is 11.6 Å². The van der Waals surface area contributed by atoms with Gasteiger partial charge in [-0.2, -0.15) is 5.26 Å². The van der Waals surface area contributed by atoms with E-state index in [0.717, 1.165) is 0 Å². The molecule has 0 aliphatic carbocycles. The molecule has 0 fully saturated rings. The van der Waals surface area contributed by atoms with Crippen molar-refractivity contribution in [1.82, 2.24) is 9.97 Å². The summed E-state index contributed by atoms with van der Waals surface area (Å²) in [5.41, 5.74) is 1.57. The molecule has 94 valence electrons. The Kier molecular flexibility index (Phi) is 3.74. The van der Waals surface area contributed by atoms with Crippen molar-refractivity contribution in [3.63, 3.8) is 0 Å². The van der Waals surface area contributed by atoms with Crippen LogP contribution in [0.3, 0.4) is 0 Å². The third kappa shape index (κ3) is 3.27. The third-order valence-corrected chi connectivity index (χ3v) is 2.52. The largest absolute Gasteiger partial charge is 0.290 e. The van der Waals surface area contributed by atoms with Crippen molar-refractivity contribution >= 4 is 23.5 Å². The topological polar surface area (TPSA) is 78.7 Å². The molecule has 6 heteroatoms. The Morgan fingerprint density at radius 3 is 2.58 bits per heavy atom. The van der Waals surface area contributed by atoms with Crippen LogP contribution in [0.5, 0.6) is 0 Å². The molecule has 0 saturated heterocycles. The normalized spacial score (nSPS) is 9.74. The van der Waals surface area contributed by atoms with Crippen LogP contribution >= 0.6 is 11.6 Å². The van der Waals surface area contributed by atoms with Crippen LogP contribution in [0.4, 0.5) is 5.95 Å². The molecule has 0 saturated carbocycles. The number of amides is 1. The Bertz CT molecular complexity index is 641. The second kappa shape index (κ2) is 5.46. The van der Waals surface area contributed by atoms with E-state index in [4.69, 9.17) is 16.9 Å². The van der Waals surface area contributed by atoms with Crippen molar-refractivity contribution in [2.45, 2.75) is 6.92 Å². The van der Waals surface area contributed by atoms with E-state index in [1.807, 2.05) is 6.07 Å². The van der Waals surface area contributed by atoms with Gasteiger partial charge in [0.25, 0.3) is 5.91 Å². The number of nitrogens with zero attached hydrogens (tertiary/aromatic N) is 3. The van der Waals surface area contributed by atoms with Gasteiger partial charge in [-0.05, 0) is 37.3 Å². The molecule has 1 amide bonds. The molecule has 19 heavy (non-hydrogen) atoms. The number of benzene rings is 1. The highest BCUT2D eigenvalue weighted by molar-refractivity contribution is 6.29. The van der Waals surface area contributed by atoms with Crippen molar-refractivity contribution in [2.75, 3.05) is 5.32 Å². The van der Waals surface area contributed by atoms with Gasteiger partial charge in [-0.25, -0.2) is 9.97 Å². The molecule has 0 unspecified atom stereocenters. The van der Waals surface area contributed by atoms with E-state index in [1.165, 1.54) is 0 Å². The standard InChI is InChI=1S/C13H9ClN4O/c1-8-6-11(14)17-13(16-8)18-12(19)10-4-2-9(7-15)3-5-10/h2-6H,1H3,(H,16,17,18,19). The Morgan fingerprint density at radius 2 is 2.00 bits per heavy atom. The number of halogens is 1. The van der Waals surface area contributed by atoms with E-state index in [9.17, 15) is 4.79 Å². The zero-order chi connectivity index (χ0) is 13.8. The average molecular weight is 273 g/mol. The summed E-state index contributed by atoms with van der Waals surface area (Å²) in [6.07, 6.45) is 0. The van der Waals surface area contributed by atoms with E-state index >= 15 is 0 Å². The molecule has 1 heterocycles. The van der Waals surface area contributed by atoms with E-state index in [0.29, 0.717) is 16.8 Å². The van der Waals surface area contributed by atoms with Gasteiger partial charge < -0.3 is 0 Å². The fourth-order valence-electron chi connectivity index (χ4n) is 1.46. The van der Waals surface area contributed by atoms with Crippen molar-refractivity contribution in [2.24, 2.45) is 0 Å². The molecule has 0 spiro atoms. The predicted octanol–water partition coefficient (Wildman–Crippen LogP) is 2.56. The maximum atomic E-state index is 11.9. The molecule has 1 N–H and O–H groups in total. The van der Waals surface area contributed by atoms with Gasteiger partial charge in [0, 0.05) is 11.3 Å². The maximum Gasteiger partial charge on any atom is 0.258 e. The van der Waals surface area contributed by atoms with Crippen molar-refractivity contribution in [1.29, 1.82) is 5.26 Å². The molecular weight excluding hydrogens is 264 g/mol. The van der Waals surface area contributed by atoms with Crippen molar-refractivity contribution < 1.29 is 4.79 Å². The Labute approximate surface area is 114 Å². The summed E-state index contributed by atoms with van der Waals surface area (Å²) in [6, 6.07) is 9.84. The van der Waals surface area contributed by atoms with E-state index in [2.05, 4.69) is 15.3 Å². The molecule has 2 rings (SSSR count). The number of rotatable bonds is 2. The van der Waals surface area contributed by atoms with Gasteiger partial charge in [0.15, 0.2) is 0 Å². The van der Waals surface area contributed by atoms with Crippen LogP contribution in [0, 0.1) is 18.3 Å². The first kappa shape index (κ1) is 13.0. The number of carbonyl (C=O) groups excluding carboxylic acids is 1. The minimum absolute atomic E-state index is 0.152. The number of aromatic nitrogens is 2. The number of aryl methyl sites for hydroxylation is 1. The van der Waals surface area contributed by atoms with Crippen LogP contribution in [0.25, 0.3) is 0 Å². The summed E-state index contributed by atoms with van der Waals surface area (Å²) < 4.78 is 0. The summed E-state index contributed by atoms with van der Waals surface area (Å²) in [6.45, 7) is 1.75. The smallest absolute Gasteiger partial charge is 0.258 e. The van der Waals surface area contributed by atoms with Gasteiger partial charge in [-0.3, -0.25) is 10.1 Å². The summed E-state index contributed by atoms with van der Waals surface area (Å²) in [5.74, 6) is -0.203. The Morgan fingerprint density at radius 1 is 1.32 bits per heavy atom. The molecule has 2 aromatic rings. The molecule has 0 aliphatic rings. The molecular formula is C13H9ClN4O. The Hall–Kier alpha value is -2.45. The molecule has 1 aromatic carbocycles. The molecule has 5 nitrogen and oxygen atoms in total. The number of nitrogens with one attached hydrogen (secondary N) is 1. The molecule has 0 atom stereocenters. The van der Waals surface area contributed by atoms with E-state index in [1.54, 1.807) is 37.3 Å². The van der Waals surface area contributed by atoms with Crippen LogP contribution in [0.2, 0.25) is 5.15 Å². The highest BCUT2D eigenvalue weighted by atomic mass is 35.5. The van der Waals surface area contributed by atoms with Gasteiger partial charge >= 0.3 is 0 Å². The molecule has 0 radical (unpaired) electrons. The molecule has 1 aromatic heterocycles. The summed E-state index contributed by atoms with van der Waals surface area (Å²) >= 11 is 5.78. The predicted molar refractivity (Wildman–Crippen MR) is 70.9 cm³/mol. The highest BCUT2D eigenvalue weighted by Gasteiger charge is 2.08. The quantitative estimate of drug-likeness (QED) is 0.852. The number of nitriles is 1. The summed E-state index contributed by atoms with van der Waals surface area (Å²) in [5, 5.41) is 11.5. The minimum atomic E-state index is -0.355. The lowest BCUT2D eigenvalue weighted by Gasteiger charge is -2.04. The third-order valence-electron chi connectivity index (χ3n) is 2.32. The second-order valence-corrected chi connectivity index (χ2v) is 4.19. The number of hydrogen-bond acceptors (Lipinski definition) is 4.